The van der Waals surface area contributed by atoms with E-state index in [2.05, 4.69) is 0 Å². The molecular formula is C33H42O17. The Morgan fingerprint density at radius 2 is 1.60 bits per heavy atom. The highest BCUT2D eigenvalue weighted by molar-refractivity contribution is 5.87. The summed E-state index contributed by atoms with van der Waals surface area (Å²) in [5, 5.41) is 62.5. The summed E-state index contributed by atoms with van der Waals surface area (Å²) in [5.74, 6) is -2.25. The highest BCUT2D eigenvalue weighted by atomic mass is 16.8. The Labute approximate surface area is 286 Å². The summed E-state index contributed by atoms with van der Waals surface area (Å²) >= 11 is 0. The van der Waals surface area contributed by atoms with Crippen LogP contribution in [0.5, 0.6) is 5.75 Å². The first-order valence-corrected chi connectivity index (χ1v) is 16.2. The SMILES string of the molecule is COc1ccc(/C=C/C(=O)O[C@@H]2[C@@H](OC(C)=O)[C@H](C)OC(O[C@H]3C4C=CO[C@@H](O[C@@H]5O[C@H](CO)[C@@H](O)[C@H](O)[C@H]5O)C4[C@@]4(CO)OC34)[C@@H]2O)cc1. The van der Waals surface area contributed by atoms with Crippen LogP contribution in [0.15, 0.2) is 42.7 Å². The van der Waals surface area contributed by atoms with E-state index in [0.717, 1.165) is 6.08 Å². The van der Waals surface area contributed by atoms with Crippen LogP contribution in [0.3, 0.4) is 0 Å². The summed E-state index contributed by atoms with van der Waals surface area (Å²) < 4.78 is 51.5. The molecule has 0 aromatic heterocycles. The van der Waals surface area contributed by atoms with Gasteiger partial charge in [-0.25, -0.2) is 4.79 Å². The number of carbonyl (C=O) groups is 2. The molecular weight excluding hydrogens is 668 g/mol. The summed E-state index contributed by atoms with van der Waals surface area (Å²) in [6.45, 7) is 1.57. The van der Waals surface area contributed by atoms with Crippen LogP contribution in [-0.4, -0.2) is 148 Å². The number of fused-ring (bicyclic) bond motifs is 3. The van der Waals surface area contributed by atoms with Crippen molar-refractivity contribution >= 4 is 18.0 Å². The quantitative estimate of drug-likeness (QED) is 0.0835. The van der Waals surface area contributed by atoms with Gasteiger partial charge in [-0.2, -0.15) is 0 Å². The average molecular weight is 711 g/mol. The minimum absolute atomic E-state index is 0.496. The van der Waals surface area contributed by atoms with E-state index in [-0.39, 0.29) is 0 Å². The number of aliphatic hydroxyl groups excluding tert-OH is 6. The fourth-order valence-corrected chi connectivity index (χ4v) is 7.11. The van der Waals surface area contributed by atoms with E-state index in [1.807, 2.05) is 0 Å². The van der Waals surface area contributed by atoms with Crippen molar-refractivity contribution < 1.29 is 82.9 Å². The van der Waals surface area contributed by atoms with Crippen LogP contribution < -0.4 is 4.74 Å². The normalized spacial score (nSPS) is 43.4. The molecule has 6 rings (SSSR count). The van der Waals surface area contributed by atoms with Crippen LogP contribution in [0, 0.1) is 11.8 Å². The number of carbonyl (C=O) groups excluding carboxylic acids is 2. The smallest absolute Gasteiger partial charge is 0.331 e. The molecule has 5 aliphatic rings. The van der Waals surface area contributed by atoms with E-state index in [0.29, 0.717) is 11.3 Å². The molecule has 1 aromatic carbocycles. The minimum Gasteiger partial charge on any atom is -0.497 e. The molecule has 4 unspecified atom stereocenters. The summed E-state index contributed by atoms with van der Waals surface area (Å²) in [6.07, 6.45) is -11.6. The molecule has 6 N–H and O–H groups in total. The van der Waals surface area contributed by atoms with Crippen LogP contribution in [0.25, 0.3) is 6.08 Å². The summed E-state index contributed by atoms with van der Waals surface area (Å²) in [6, 6.07) is 6.89. The summed E-state index contributed by atoms with van der Waals surface area (Å²) in [5.41, 5.74) is -0.574. The number of benzene rings is 1. The van der Waals surface area contributed by atoms with Gasteiger partial charge in [-0.1, -0.05) is 12.1 Å². The molecule has 4 fully saturated rings. The average Bonchev–Trinajstić information content (AvgIpc) is 3.78. The van der Waals surface area contributed by atoms with Crippen molar-refractivity contribution in [1.82, 2.24) is 0 Å². The van der Waals surface area contributed by atoms with Crippen molar-refractivity contribution in [2.24, 2.45) is 11.8 Å². The van der Waals surface area contributed by atoms with Crippen molar-refractivity contribution in [3.8, 4) is 5.75 Å². The molecule has 0 spiro atoms. The van der Waals surface area contributed by atoms with Gasteiger partial charge in [-0.05, 0) is 36.8 Å². The van der Waals surface area contributed by atoms with Crippen LogP contribution in [0.2, 0.25) is 0 Å². The highest BCUT2D eigenvalue weighted by Crippen LogP contribution is 2.61. The van der Waals surface area contributed by atoms with Gasteiger partial charge < -0.3 is 73.3 Å². The molecule has 17 nitrogen and oxygen atoms in total. The number of rotatable bonds is 11. The third-order valence-electron chi connectivity index (χ3n) is 9.72. The lowest BCUT2D eigenvalue weighted by Crippen LogP contribution is -2.61. The number of ether oxygens (including phenoxy) is 9. The van der Waals surface area contributed by atoms with Crippen molar-refractivity contribution in [2.45, 2.75) is 99.4 Å². The molecule has 16 atom stereocenters. The van der Waals surface area contributed by atoms with Crippen LogP contribution >= 0.6 is 0 Å². The van der Waals surface area contributed by atoms with Crippen LogP contribution in [0.1, 0.15) is 19.4 Å². The molecule has 1 saturated carbocycles. The molecule has 1 aromatic rings. The Kier molecular flexibility index (Phi) is 10.8. The van der Waals surface area contributed by atoms with E-state index >= 15 is 0 Å². The number of methoxy groups -OCH3 is 1. The first-order valence-electron chi connectivity index (χ1n) is 16.2. The molecule has 276 valence electrons. The van der Waals surface area contributed by atoms with Gasteiger partial charge in [-0.3, -0.25) is 4.79 Å². The monoisotopic (exact) mass is 710 g/mol. The Bertz CT molecular complexity index is 1420. The number of hydrogen-bond donors (Lipinski definition) is 6. The Morgan fingerprint density at radius 3 is 2.26 bits per heavy atom. The van der Waals surface area contributed by atoms with Crippen molar-refractivity contribution in [3.05, 3.63) is 48.2 Å². The van der Waals surface area contributed by atoms with E-state index in [9.17, 15) is 40.2 Å². The first kappa shape index (κ1) is 36.6. The van der Waals surface area contributed by atoms with Crippen LogP contribution in [-0.2, 0) is 47.5 Å². The maximum Gasteiger partial charge on any atom is 0.331 e. The number of epoxide rings is 1. The Balaban J connectivity index is 1.18. The number of hydrogen-bond acceptors (Lipinski definition) is 17. The zero-order chi connectivity index (χ0) is 35.9. The Hall–Kier alpha value is -3.20. The summed E-state index contributed by atoms with van der Waals surface area (Å²) in [4.78, 5) is 24.9. The van der Waals surface area contributed by atoms with E-state index < -0.39 is 122 Å². The lowest BCUT2D eigenvalue weighted by molar-refractivity contribution is -0.347. The maximum atomic E-state index is 12.9. The third-order valence-corrected chi connectivity index (χ3v) is 9.72. The molecule has 4 heterocycles. The van der Waals surface area contributed by atoms with E-state index in [1.54, 1.807) is 37.3 Å². The fraction of sp³-hybridized carbons (Fsp3) is 0.636. The molecule has 0 radical (unpaired) electrons. The first-order chi connectivity index (χ1) is 23.9. The van der Waals surface area contributed by atoms with Gasteiger partial charge in [0.05, 0.1) is 44.7 Å². The molecule has 50 heavy (non-hydrogen) atoms. The van der Waals surface area contributed by atoms with Crippen molar-refractivity contribution in [2.75, 3.05) is 20.3 Å². The largest absolute Gasteiger partial charge is 0.497 e. The lowest BCUT2D eigenvalue weighted by Gasteiger charge is -2.44. The fourth-order valence-electron chi connectivity index (χ4n) is 7.11. The second kappa shape index (κ2) is 14.8. The standard InChI is InChI=1S/C33H42O17/c1-14-26(45-15(2)36)28(47-20(37)9-6-16-4-7-17(42-3)8-5-16)25(41)32(44-14)48-27-18-10-11-43-30(21(18)33(13-35)29(27)50-33)49-31-24(40)23(39)22(38)19(12-34)46-31/h4-11,14,18-19,21-32,34-35,38-41H,12-13H2,1-3H3/b9-6+/t14-,18?,19+,21?,22+,23-,24+,25+,26-,27-,28-,29?,30-,31-,32?,33+/m0/s1. The van der Waals surface area contributed by atoms with Gasteiger partial charge in [0, 0.05) is 18.9 Å². The van der Waals surface area contributed by atoms with Gasteiger partial charge in [0.2, 0.25) is 6.29 Å². The van der Waals surface area contributed by atoms with Crippen molar-refractivity contribution in [1.29, 1.82) is 0 Å². The van der Waals surface area contributed by atoms with Gasteiger partial charge in [0.15, 0.2) is 24.8 Å². The zero-order valence-electron chi connectivity index (χ0n) is 27.4. The van der Waals surface area contributed by atoms with Gasteiger partial charge in [0.1, 0.15) is 48.0 Å². The summed E-state index contributed by atoms with van der Waals surface area (Å²) in [7, 11) is 1.53. The topological polar surface area (TPSA) is 242 Å². The van der Waals surface area contributed by atoms with Gasteiger partial charge in [0.25, 0.3) is 0 Å². The molecule has 0 bridgehead atoms. The zero-order valence-corrected chi connectivity index (χ0v) is 27.4. The molecule has 4 aliphatic heterocycles. The number of esters is 2. The lowest BCUT2D eigenvalue weighted by atomic mass is 9.85. The molecule has 17 heteroatoms. The van der Waals surface area contributed by atoms with Gasteiger partial charge in [-0.15, -0.1) is 0 Å². The van der Waals surface area contributed by atoms with E-state index in [1.165, 1.54) is 26.4 Å². The van der Waals surface area contributed by atoms with Gasteiger partial charge >= 0.3 is 11.9 Å². The van der Waals surface area contributed by atoms with E-state index in [4.69, 9.17) is 42.6 Å². The van der Waals surface area contributed by atoms with Crippen molar-refractivity contribution in [3.63, 3.8) is 0 Å². The minimum atomic E-state index is -1.71. The van der Waals surface area contributed by atoms with Crippen LogP contribution in [0.4, 0.5) is 0 Å². The number of aliphatic hydroxyl groups is 6. The predicted octanol–water partition coefficient (Wildman–Crippen LogP) is -1.89. The third kappa shape index (κ3) is 6.88. The molecule has 3 saturated heterocycles. The second-order valence-electron chi connectivity index (χ2n) is 12.8. The predicted molar refractivity (Wildman–Crippen MR) is 163 cm³/mol. The molecule has 0 amide bonds. The molecule has 1 aliphatic carbocycles. The second-order valence-corrected chi connectivity index (χ2v) is 12.8. The maximum absolute atomic E-state index is 12.9. The Morgan fingerprint density at radius 1 is 0.880 bits per heavy atom. The highest BCUT2D eigenvalue weighted by Gasteiger charge is 2.77.